The van der Waals surface area contributed by atoms with Crippen LogP contribution in [-0.2, 0) is 20.3 Å². The van der Waals surface area contributed by atoms with Gasteiger partial charge in [-0.3, -0.25) is 0 Å². The van der Waals surface area contributed by atoms with Crippen LogP contribution in [0, 0.1) is 0 Å². The molecular weight excluding hydrogens is 271 g/mol. The second-order valence-corrected chi connectivity index (χ2v) is 16.2. The van der Waals surface area contributed by atoms with Gasteiger partial charge in [0.2, 0.25) is 0 Å². The fraction of sp³-hybridized carbons (Fsp3) is 0.467. The molecule has 3 aliphatic rings. The third-order valence-corrected chi connectivity index (χ3v) is 16.3. The molecule has 0 amide bonds. The molecule has 0 aromatic rings. The summed E-state index contributed by atoms with van der Waals surface area (Å²) in [7, 11) is 0. The maximum absolute atomic E-state index is 2.48. The zero-order chi connectivity index (χ0) is 11.2. The van der Waals surface area contributed by atoms with E-state index in [2.05, 4.69) is 38.2 Å². The van der Waals surface area contributed by atoms with Gasteiger partial charge in [-0.2, -0.15) is 0 Å². The van der Waals surface area contributed by atoms with Crippen LogP contribution in [0.2, 0.25) is 8.26 Å². The van der Waals surface area contributed by atoms with E-state index in [0.29, 0.717) is 0 Å². The van der Waals surface area contributed by atoms with Gasteiger partial charge in [-0.1, -0.05) is 0 Å². The van der Waals surface area contributed by atoms with E-state index in [1.165, 1.54) is 19.3 Å². The van der Waals surface area contributed by atoms with Crippen molar-refractivity contribution < 1.29 is 20.3 Å². The molecule has 16 heavy (non-hydrogen) atoms. The Labute approximate surface area is 103 Å². The summed E-state index contributed by atoms with van der Waals surface area (Å²) >= 11 is -1.89. The molecule has 0 atom stereocenters. The molecular formula is C15H20Zr. The predicted molar refractivity (Wildman–Crippen MR) is 67.1 cm³/mol. The Morgan fingerprint density at radius 1 is 1.31 bits per heavy atom. The molecule has 1 heterocycles. The number of allylic oxidation sites excluding steroid dienone is 8. The first kappa shape index (κ1) is 11.0. The van der Waals surface area contributed by atoms with Gasteiger partial charge in [0.25, 0.3) is 0 Å². The number of rotatable bonds is 3. The fourth-order valence-electron chi connectivity index (χ4n) is 3.33. The van der Waals surface area contributed by atoms with E-state index >= 15 is 0 Å². The maximum atomic E-state index is 2.48. The van der Waals surface area contributed by atoms with Crippen LogP contribution < -0.4 is 0 Å². The van der Waals surface area contributed by atoms with Gasteiger partial charge in [0.15, 0.2) is 0 Å². The van der Waals surface area contributed by atoms with E-state index in [4.69, 9.17) is 0 Å². The van der Waals surface area contributed by atoms with Crippen LogP contribution >= 0.6 is 0 Å². The van der Waals surface area contributed by atoms with Crippen LogP contribution in [0.4, 0.5) is 0 Å². The van der Waals surface area contributed by atoms with Gasteiger partial charge in [0, 0.05) is 0 Å². The Hall–Kier alpha value is -0.157. The van der Waals surface area contributed by atoms with E-state index < -0.39 is 20.3 Å². The second-order valence-electron chi connectivity index (χ2n) is 5.40. The second kappa shape index (κ2) is 3.95. The number of hydrogen-bond donors (Lipinski definition) is 0. The normalized spacial score (nSPS) is 26.1. The van der Waals surface area contributed by atoms with Crippen LogP contribution in [-0.4, -0.2) is 0 Å². The van der Waals surface area contributed by atoms with Crippen molar-refractivity contribution >= 4 is 0 Å². The Morgan fingerprint density at radius 2 is 2.12 bits per heavy atom. The monoisotopic (exact) mass is 290 g/mol. The third kappa shape index (κ3) is 1.59. The van der Waals surface area contributed by atoms with Crippen LogP contribution in [0.5, 0.6) is 0 Å². The van der Waals surface area contributed by atoms with Gasteiger partial charge in [0.1, 0.15) is 0 Å². The zero-order valence-electron chi connectivity index (χ0n) is 10.3. The van der Waals surface area contributed by atoms with Gasteiger partial charge < -0.3 is 0 Å². The minimum atomic E-state index is -1.89. The standard InChI is InChI=1S/C8H11.C5H5.C2H4.Zr/c1-3-8-5-4-7(2)6-8;1-2-4-5-3-1;1-2;/h6H,3,5H2,1-2H3;1-3H,4H2;1-2H2;. The summed E-state index contributed by atoms with van der Waals surface area (Å²) in [4.78, 5) is 0. The van der Waals surface area contributed by atoms with Crippen molar-refractivity contribution in [3.8, 4) is 0 Å². The van der Waals surface area contributed by atoms with E-state index in [-0.39, 0.29) is 0 Å². The van der Waals surface area contributed by atoms with Crippen molar-refractivity contribution in [3.05, 3.63) is 42.0 Å². The molecule has 1 fully saturated rings. The molecule has 0 saturated carbocycles. The molecule has 3 rings (SSSR count). The molecule has 0 spiro atoms. The molecule has 0 aromatic carbocycles. The van der Waals surface area contributed by atoms with Crippen molar-refractivity contribution in [2.45, 2.75) is 41.4 Å². The van der Waals surface area contributed by atoms with Crippen molar-refractivity contribution in [3.63, 3.8) is 0 Å². The van der Waals surface area contributed by atoms with E-state index in [1.807, 2.05) is 6.56 Å². The minimum absolute atomic E-state index is 1.25. The first-order valence-corrected chi connectivity index (χ1v) is 12.5. The van der Waals surface area contributed by atoms with Crippen LogP contribution in [0.25, 0.3) is 0 Å². The SMILES string of the molecule is CCC1=CC(C)=[C]([Zr]2([C]3=CC=CC3)[CH2][CH2]2)C1. The third-order valence-electron chi connectivity index (χ3n) is 4.47. The average Bonchev–Trinajstić information content (AvgIpc) is 2.78. The summed E-state index contributed by atoms with van der Waals surface area (Å²) in [6.07, 6.45) is 13.4. The molecule has 0 N–H and O–H groups in total. The summed E-state index contributed by atoms with van der Waals surface area (Å²) in [5.74, 6) is 0. The molecule has 84 valence electrons. The molecule has 0 radical (unpaired) electrons. The summed E-state index contributed by atoms with van der Waals surface area (Å²) in [6, 6.07) is 0. The Kier molecular flexibility index (Phi) is 2.70. The topological polar surface area (TPSA) is 0 Å². The van der Waals surface area contributed by atoms with Gasteiger partial charge in [-0.05, 0) is 0 Å². The van der Waals surface area contributed by atoms with E-state index in [9.17, 15) is 0 Å². The summed E-state index contributed by atoms with van der Waals surface area (Å²) in [5, 5.41) is 0. The molecule has 0 aromatic heterocycles. The molecule has 0 bridgehead atoms. The van der Waals surface area contributed by atoms with Crippen molar-refractivity contribution in [1.82, 2.24) is 0 Å². The van der Waals surface area contributed by atoms with Crippen molar-refractivity contribution in [2.75, 3.05) is 0 Å². The average molecular weight is 292 g/mol. The van der Waals surface area contributed by atoms with Crippen molar-refractivity contribution in [1.29, 1.82) is 0 Å². The van der Waals surface area contributed by atoms with Gasteiger partial charge in [-0.25, -0.2) is 0 Å². The van der Waals surface area contributed by atoms with Crippen molar-refractivity contribution in [2.24, 2.45) is 0 Å². The van der Waals surface area contributed by atoms with Gasteiger partial charge in [-0.15, -0.1) is 0 Å². The number of hydrogen-bond acceptors (Lipinski definition) is 0. The van der Waals surface area contributed by atoms with Crippen LogP contribution in [0.1, 0.15) is 33.1 Å². The molecule has 2 aliphatic carbocycles. The molecule has 0 unspecified atom stereocenters. The summed E-state index contributed by atoms with van der Waals surface area (Å²) < 4.78 is 7.02. The summed E-state index contributed by atoms with van der Waals surface area (Å²) in [6.45, 7) is 4.66. The fourth-order valence-corrected chi connectivity index (χ4v) is 17.3. The Bertz CT molecular complexity index is 442. The first-order valence-electron chi connectivity index (χ1n) is 6.52. The Balaban J connectivity index is 1.88. The van der Waals surface area contributed by atoms with E-state index in [0.717, 1.165) is 0 Å². The molecule has 1 heteroatoms. The van der Waals surface area contributed by atoms with Gasteiger partial charge in [0.05, 0.1) is 0 Å². The van der Waals surface area contributed by atoms with Gasteiger partial charge >= 0.3 is 104 Å². The predicted octanol–water partition coefficient (Wildman–Crippen LogP) is 4.85. The van der Waals surface area contributed by atoms with E-state index in [1.54, 1.807) is 19.4 Å². The summed E-state index contributed by atoms with van der Waals surface area (Å²) in [5.41, 5.74) is 3.33. The van der Waals surface area contributed by atoms with Crippen LogP contribution in [0.15, 0.2) is 42.0 Å². The molecule has 1 aliphatic heterocycles. The Morgan fingerprint density at radius 3 is 2.62 bits per heavy atom. The zero-order valence-corrected chi connectivity index (χ0v) is 12.8. The first-order chi connectivity index (χ1) is 7.76. The molecule has 0 nitrogen and oxygen atoms in total. The van der Waals surface area contributed by atoms with Crippen LogP contribution in [0.3, 0.4) is 0 Å². The molecule has 1 saturated heterocycles. The quantitative estimate of drug-likeness (QED) is 0.697.